The summed E-state index contributed by atoms with van der Waals surface area (Å²) in [5.41, 5.74) is 6.21. The van der Waals surface area contributed by atoms with Gasteiger partial charge in [0.1, 0.15) is 17.3 Å². The highest BCUT2D eigenvalue weighted by Gasteiger charge is 2.02. The van der Waals surface area contributed by atoms with Gasteiger partial charge in [-0.3, -0.25) is 4.98 Å². The van der Waals surface area contributed by atoms with Crippen LogP contribution < -0.4 is 10.5 Å². The summed E-state index contributed by atoms with van der Waals surface area (Å²) in [6.07, 6.45) is 1.56. The van der Waals surface area contributed by atoms with E-state index in [1.807, 2.05) is 0 Å². The van der Waals surface area contributed by atoms with Gasteiger partial charge in [-0.2, -0.15) is 0 Å². The molecule has 3 nitrogen and oxygen atoms in total. The summed E-state index contributed by atoms with van der Waals surface area (Å²) >= 11 is 3.20. The van der Waals surface area contributed by atoms with E-state index in [1.165, 1.54) is 12.1 Å². The maximum Gasteiger partial charge on any atom is 0.145 e. The number of pyridine rings is 1. The van der Waals surface area contributed by atoms with Crippen LogP contribution in [0, 0.1) is 5.82 Å². The molecule has 0 saturated heterocycles. The zero-order valence-electron chi connectivity index (χ0n) is 8.86. The minimum absolute atomic E-state index is 0.360. The molecule has 2 aromatic rings. The van der Waals surface area contributed by atoms with E-state index >= 15 is 0 Å². The first-order valence-corrected chi connectivity index (χ1v) is 5.75. The number of halogens is 2. The molecule has 1 aromatic heterocycles. The average molecular weight is 297 g/mol. The summed E-state index contributed by atoms with van der Waals surface area (Å²) < 4.78 is 19.2. The molecule has 17 heavy (non-hydrogen) atoms. The van der Waals surface area contributed by atoms with Gasteiger partial charge in [-0.05, 0) is 24.3 Å². The molecule has 0 amide bonds. The van der Waals surface area contributed by atoms with E-state index in [0.717, 1.165) is 5.69 Å². The van der Waals surface area contributed by atoms with Gasteiger partial charge in [0.15, 0.2) is 0 Å². The van der Waals surface area contributed by atoms with Crippen molar-refractivity contribution in [1.82, 2.24) is 4.98 Å². The molecule has 2 N–H and O–H groups in total. The summed E-state index contributed by atoms with van der Waals surface area (Å²) in [4.78, 5) is 4.08. The van der Waals surface area contributed by atoms with Gasteiger partial charge in [-0.25, -0.2) is 4.39 Å². The van der Waals surface area contributed by atoms with Crippen molar-refractivity contribution < 1.29 is 9.13 Å². The van der Waals surface area contributed by atoms with E-state index in [4.69, 9.17) is 10.5 Å². The van der Waals surface area contributed by atoms with Crippen LogP contribution in [0.2, 0.25) is 0 Å². The third-order valence-corrected chi connectivity index (χ3v) is 2.54. The van der Waals surface area contributed by atoms with E-state index in [1.54, 1.807) is 24.4 Å². The van der Waals surface area contributed by atoms with Crippen LogP contribution in [0.4, 0.5) is 4.39 Å². The minimum atomic E-state index is -0.360. The van der Waals surface area contributed by atoms with Gasteiger partial charge in [-0.1, -0.05) is 15.9 Å². The molecular weight excluding hydrogens is 287 g/mol. The van der Waals surface area contributed by atoms with Crippen LogP contribution in [0.3, 0.4) is 0 Å². The Morgan fingerprint density at radius 2 is 2.06 bits per heavy atom. The Labute approximate surface area is 107 Å². The van der Waals surface area contributed by atoms with Gasteiger partial charge in [0.05, 0.1) is 11.9 Å². The lowest BCUT2D eigenvalue weighted by Gasteiger charge is -2.06. The Morgan fingerprint density at radius 3 is 2.65 bits per heavy atom. The molecule has 1 heterocycles. The smallest absolute Gasteiger partial charge is 0.145 e. The van der Waals surface area contributed by atoms with Gasteiger partial charge in [0, 0.05) is 17.1 Å². The van der Waals surface area contributed by atoms with Crippen molar-refractivity contribution in [1.29, 1.82) is 0 Å². The SMILES string of the molecule is NCc1ccc(Oc2cc(F)cc(Br)c2)cn1. The van der Waals surface area contributed by atoms with Crippen LogP contribution in [0.1, 0.15) is 5.69 Å². The Hall–Kier alpha value is -1.46. The minimum Gasteiger partial charge on any atom is -0.456 e. The zero-order valence-corrected chi connectivity index (χ0v) is 10.4. The summed E-state index contributed by atoms with van der Waals surface area (Å²) in [5, 5.41) is 0. The Morgan fingerprint density at radius 1 is 1.24 bits per heavy atom. The molecule has 0 fully saturated rings. The summed E-state index contributed by atoms with van der Waals surface area (Å²) in [5.74, 6) is 0.597. The lowest BCUT2D eigenvalue weighted by molar-refractivity contribution is 0.473. The number of nitrogens with two attached hydrogens (primary N) is 1. The number of ether oxygens (including phenoxy) is 1. The molecule has 0 bridgehead atoms. The predicted octanol–water partition coefficient (Wildman–Crippen LogP) is 3.23. The van der Waals surface area contributed by atoms with Crippen LogP contribution in [0.25, 0.3) is 0 Å². The first-order chi connectivity index (χ1) is 8.17. The van der Waals surface area contributed by atoms with Crippen molar-refractivity contribution in [2.24, 2.45) is 5.73 Å². The lowest BCUT2D eigenvalue weighted by Crippen LogP contribution is -1.98. The van der Waals surface area contributed by atoms with Crippen molar-refractivity contribution in [2.75, 3.05) is 0 Å². The highest BCUT2D eigenvalue weighted by molar-refractivity contribution is 9.10. The van der Waals surface area contributed by atoms with Crippen LogP contribution in [-0.2, 0) is 6.54 Å². The quantitative estimate of drug-likeness (QED) is 0.946. The molecule has 0 spiro atoms. The van der Waals surface area contributed by atoms with Crippen molar-refractivity contribution in [3.8, 4) is 11.5 Å². The number of nitrogens with zero attached hydrogens (tertiary/aromatic N) is 1. The fourth-order valence-corrected chi connectivity index (χ4v) is 1.76. The van der Waals surface area contributed by atoms with Crippen molar-refractivity contribution in [3.05, 3.63) is 52.5 Å². The molecule has 0 unspecified atom stereocenters. The third-order valence-electron chi connectivity index (χ3n) is 2.08. The van der Waals surface area contributed by atoms with Crippen LogP contribution in [0.5, 0.6) is 11.5 Å². The molecular formula is C12H10BrFN2O. The van der Waals surface area contributed by atoms with Crippen molar-refractivity contribution in [3.63, 3.8) is 0 Å². The maximum atomic E-state index is 13.1. The van der Waals surface area contributed by atoms with E-state index < -0.39 is 0 Å². The second-order valence-electron chi connectivity index (χ2n) is 3.40. The van der Waals surface area contributed by atoms with E-state index in [2.05, 4.69) is 20.9 Å². The van der Waals surface area contributed by atoms with E-state index in [0.29, 0.717) is 22.5 Å². The van der Waals surface area contributed by atoms with E-state index in [-0.39, 0.29) is 5.82 Å². The Bertz CT molecular complexity index is 496. The highest BCUT2D eigenvalue weighted by Crippen LogP contribution is 2.25. The second kappa shape index (κ2) is 5.25. The van der Waals surface area contributed by atoms with Gasteiger partial charge < -0.3 is 10.5 Å². The molecule has 0 aliphatic rings. The monoisotopic (exact) mass is 296 g/mol. The third kappa shape index (κ3) is 3.25. The van der Waals surface area contributed by atoms with Crippen molar-refractivity contribution >= 4 is 15.9 Å². The van der Waals surface area contributed by atoms with E-state index in [9.17, 15) is 4.39 Å². The largest absolute Gasteiger partial charge is 0.456 e. The molecule has 2 rings (SSSR count). The molecule has 88 valence electrons. The molecule has 0 saturated carbocycles. The van der Waals surface area contributed by atoms with Gasteiger partial charge in [0.2, 0.25) is 0 Å². The average Bonchev–Trinajstić information content (AvgIpc) is 2.28. The zero-order chi connectivity index (χ0) is 12.3. The summed E-state index contributed by atoms with van der Waals surface area (Å²) in [7, 11) is 0. The molecule has 0 aliphatic heterocycles. The van der Waals surface area contributed by atoms with Crippen LogP contribution in [0.15, 0.2) is 41.0 Å². The maximum absolute atomic E-state index is 13.1. The standard InChI is InChI=1S/C12H10BrFN2O/c13-8-3-9(14)5-12(4-8)17-11-2-1-10(6-15)16-7-11/h1-5,7H,6,15H2. The van der Waals surface area contributed by atoms with Crippen LogP contribution in [-0.4, -0.2) is 4.98 Å². The van der Waals surface area contributed by atoms with Crippen LogP contribution >= 0.6 is 15.9 Å². The number of aromatic nitrogens is 1. The summed E-state index contributed by atoms with van der Waals surface area (Å²) in [6.45, 7) is 0.381. The molecule has 1 aromatic carbocycles. The highest BCUT2D eigenvalue weighted by atomic mass is 79.9. The van der Waals surface area contributed by atoms with Gasteiger partial charge >= 0.3 is 0 Å². The fourth-order valence-electron chi connectivity index (χ4n) is 1.32. The first kappa shape index (κ1) is 12.0. The predicted molar refractivity (Wildman–Crippen MR) is 66.3 cm³/mol. The lowest BCUT2D eigenvalue weighted by atomic mass is 10.3. The normalized spacial score (nSPS) is 10.3. The topological polar surface area (TPSA) is 48.1 Å². The second-order valence-corrected chi connectivity index (χ2v) is 4.31. The number of hydrogen-bond donors (Lipinski definition) is 1. The Kier molecular flexibility index (Phi) is 3.71. The number of rotatable bonds is 3. The molecule has 5 heteroatoms. The van der Waals surface area contributed by atoms with Crippen molar-refractivity contribution in [2.45, 2.75) is 6.54 Å². The fraction of sp³-hybridized carbons (Fsp3) is 0.0833. The number of hydrogen-bond acceptors (Lipinski definition) is 3. The summed E-state index contributed by atoms with van der Waals surface area (Å²) in [6, 6.07) is 7.86. The van der Waals surface area contributed by atoms with Gasteiger partial charge in [-0.15, -0.1) is 0 Å². The molecule has 0 radical (unpaired) electrons. The molecule has 0 aliphatic carbocycles. The Balaban J connectivity index is 2.19. The molecule has 0 atom stereocenters. The van der Waals surface area contributed by atoms with Gasteiger partial charge in [0.25, 0.3) is 0 Å². The number of benzene rings is 1. The first-order valence-electron chi connectivity index (χ1n) is 4.96.